The maximum absolute atomic E-state index is 7.57. The Labute approximate surface area is 324 Å². The summed E-state index contributed by atoms with van der Waals surface area (Å²) in [6.45, 7) is 40.8. The molecule has 0 aliphatic heterocycles. The van der Waals surface area contributed by atoms with Crippen LogP contribution in [0.15, 0.2) is 46.4 Å². The van der Waals surface area contributed by atoms with E-state index in [4.69, 9.17) is 13.3 Å². The minimum absolute atomic E-state index is 0.0249. The maximum Gasteiger partial charge on any atom is 0.192 e. The summed E-state index contributed by atoms with van der Waals surface area (Å²) in [4.78, 5) is 0. The normalized spacial score (nSPS) is 30.8. The van der Waals surface area contributed by atoms with Gasteiger partial charge in [0.05, 0.1) is 17.8 Å². The summed E-state index contributed by atoms with van der Waals surface area (Å²) in [6, 6.07) is 3.62. The number of rotatable bonds is 14. The first-order valence-corrected chi connectivity index (χ1v) is 30.1. The summed E-state index contributed by atoms with van der Waals surface area (Å²) in [5.74, 6) is 2.25. The highest BCUT2D eigenvalue weighted by molar-refractivity contribution is 8.02. The molecule has 0 aromatic heterocycles. The van der Waals surface area contributed by atoms with E-state index in [0.29, 0.717) is 11.8 Å². The van der Waals surface area contributed by atoms with Gasteiger partial charge < -0.3 is 13.3 Å². The molecule has 292 valence electrons. The highest BCUT2D eigenvalue weighted by Crippen LogP contribution is 2.65. The van der Waals surface area contributed by atoms with Crippen LogP contribution in [-0.2, 0) is 13.3 Å². The lowest BCUT2D eigenvalue weighted by Crippen LogP contribution is -2.58. The maximum atomic E-state index is 7.57. The topological polar surface area (TPSA) is 27.7 Å². The molecule has 3 nitrogen and oxygen atoms in total. The molecule has 6 atom stereocenters. The third-order valence-electron chi connectivity index (χ3n) is 15.3. The zero-order valence-electron chi connectivity index (χ0n) is 36.4. The van der Waals surface area contributed by atoms with Crippen LogP contribution in [0.2, 0.25) is 54.4 Å². The number of hydrogen-bond donors (Lipinski definition) is 0. The van der Waals surface area contributed by atoms with Gasteiger partial charge in [-0.3, -0.25) is 0 Å². The molecular formula is C44H80O3SSi3. The lowest BCUT2D eigenvalue weighted by molar-refractivity contribution is -0.0385. The molecule has 0 radical (unpaired) electrons. The van der Waals surface area contributed by atoms with Crippen LogP contribution in [0.25, 0.3) is 0 Å². The molecule has 0 amide bonds. The predicted octanol–water partition coefficient (Wildman–Crippen LogP) is 14.2. The first kappa shape index (κ1) is 43.6. The standard InChI is InChI=1S/C44H80O3SSi3/c1-18-51(19-2,20-3)47-42(10,11)27-21-29-48-32-34-23-25-37-36-24-22-33-30-35(45-49(14,15)40(4,5)6)31-39(46-50(16,17)41(7,8)9)44(33,13)38(36)26-28-43(34,37)12/h21-24,29,35,37-39H,18-20,25-28,30-32H2,1-17H3/b29-21+/t35-,37+,38+,39+,43-,44+/m1/s1. The molecule has 0 unspecified atom stereocenters. The Morgan fingerprint density at radius 2 is 1.43 bits per heavy atom. The van der Waals surface area contributed by atoms with Crippen molar-refractivity contribution in [1.29, 1.82) is 0 Å². The Balaban J connectivity index is 1.53. The Hall–Kier alpha value is -0.159. The van der Waals surface area contributed by atoms with Crippen LogP contribution in [0.4, 0.5) is 0 Å². The summed E-state index contributed by atoms with van der Waals surface area (Å²) < 4.78 is 21.6. The molecule has 4 rings (SSSR count). The quantitative estimate of drug-likeness (QED) is 0.130. The van der Waals surface area contributed by atoms with E-state index < -0.39 is 25.0 Å². The lowest BCUT2D eigenvalue weighted by Gasteiger charge is -2.59. The summed E-state index contributed by atoms with van der Waals surface area (Å²) in [6.07, 6.45) is 17.3. The Kier molecular flexibility index (Phi) is 13.2. The van der Waals surface area contributed by atoms with Crippen molar-refractivity contribution < 1.29 is 13.3 Å². The van der Waals surface area contributed by atoms with Gasteiger partial charge in [0.15, 0.2) is 25.0 Å². The zero-order chi connectivity index (χ0) is 38.5. The zero-order valence-corrected chi connectivity index (χ0v) is 40.2. The highest BCUT2D eigenvalue weighted by Gasteiger charge is 2.59. The first-order chi connectivity index (χ1) is 23.3. The first-order valence-electron chi connectivity index (χ1n) is 20.7. The van der Waals surface area contributed by atoms with Crippen LogP contribution in [0, 0.1) is 22.7 Å². The Morgan fingerprint density at radius 1 is 0.843 bits per heavy atom. The molecule has 4 aliphatic rings. The third kappa shape index (κ3) is 8.80. The van der Waals surface area contributed by atoms with E-state index in [9.17, 15) is 0 Å². The Bertz CT molecular complexity index is 1350. The minimum Gasteiger partial charge on any atom is -0.414 e. The van der Waals surface area contributed by atoms with E-state index >= 15 is 0 Å². The lowest BCUT2D eigenvalue weighted by atomic mass is 9.50. The SMILES string of the molecule is CC[Si](CC)(CC)OC(C)(C)C/C=C/SCC1=CC[C@H]2C3=CC=C4C[C@@H](O[Si](C)(C)C(C)(C)C)C[C@H](O[Si](C)(C)C(C)(C)C)[C@]4(C)[C@H]3CC[C@]12C. The summed E-state index contributed by atoms with van der Waals surface area (Å²) >= 11 is 1.99. The van der Waals surface area contributed by atoms with Crippen LogP contribution in [0.3, 0.4) is 0 Å². The molecule has 0 heterocycles. The van der Waals surface area contributed by atoms with Gasteiger partial charge in [-0.1, -0.05) is 117 Å². The van der Waals surface area contributed by atoms with Crippen molar-refractivity contribution in [2.75, 3.05) is 5.75 Å². The van der Waals surface area contributed by atoms with Crippen LogP contribution in [-0.4, -0.2) is 48.5 Å². The highest BCUT2D eigenvalue weighted by atomic mass is 32.2. The fraction of sp³-hybridized carbons (Fsp3) is 0.818. The minimum atomic E-state index is -2.02. The number of hydrogen-bond acceptors (Lipinski definition) is 4. The molecule has 2 fully saturated rings. The summed E-state index contributed by atoms with van der Waals surface area (Å²) in [7, 11) is -5.55. The van der Waals surface area contributed by atoms with Gasteiger partial charge in [0.1, 0.15) is 0 Å². The average Bonchev–Trinajstić information content (AvgIpc) is 3.35. The second-order valence-electron chi connectivity index (χ2n) is 21.0. The smallest absolute Gasteiger partial charge is 0.192 e. The van der Waals surface area contributed by atoms with Gasteiger partial charge in [0.2, 0.25) is 0 Å². The van der Waals surface area contributed by atoms with Crippen LogP contribution in [0.5, 0.6) is 0 Å². The van der Waals surface area contributed by atoms with Crippen LogP contribution >= 0.6 is 11.8 Å². The Morgan fingerprint density at radius 3 is 2.00 bits per heavy atom. The van der Waals surface area contributed by atoms with E-state index in [1.165, 1.54) is 37.4 Å². The molecule has 4 aliphatic carbocycles. The van der Waals surface area contributed by atoms with Crippen molar-refractivity contribution in [3.63, 3.8) is 0 Å². The number of fused-ring (bicyclic) bond motifs is 5. The van der Waals surface area contributed by atoms with Crippen molar-refractivity contribution in [1.82, 2.24) is 0 Å². The molecule has 0 aromatic carbocycles. The molecule has 0 aromatic rings. The van der Waals surface area contributed by atoms with Crippen LogP contribution < -0.4 is 0 Å². The molecule has 7 heteroatoms. The van der Waals surface area contributed by atoms with Crippen molar-refractivity contribution in [2.24, 2.45) is 22.7 Å². The summed E-state index contributed by atoms with van der Waals surface area (Å²) in [5, 5.41) is 2.74. The van der Waals surface area contributed by atoms with Crippen molar-refractivity contribution in [2.45, 2.75) is 201 Å². The fourth-order valence-corrected chi connectivity index (χ4v) is 16.3. The van der Waals surface area contributed by atoms with Gasteiger partial charge in [-0.05, 0) is 129 Å². The van der Waals surface area contributed by atoms with Gasteiger partial charge in [0, 0.05) is 11.2 Å². The molecule has 0 N–H and O–H groups in total. The molecule has 51 heavy (non-hydrogen) atoms. The van der Waals surface area contributed by atoms with Gasteiger partial charge in [-0.25, -0.2) is 0 Å². The average molecular weight is 773 g/mol. The van der Waals surface area contributed by atoms with Crippen molar-refractivity contribution >= 4 is 36.7 Å². The predicted molar refractivity (Wildman–Crippen MR) is 233 cm³/mol. The van der Waals surface area contributed by atoms with E-state index in [-0.39, 0.29) is 38.7 Å². The van der Waals surface area contributed by atoms with Gasteiger partial charge in [0.25, 0.3) is 0 Å². The fourth-order valence-electron chi connectivity index (χ4n) is 9.42. The van der Waals surface area contributed by atoms with Gasteiger partial charge in [-0.15, -0.1) is 11.8 Å². The third-order valence-corrected chi connectivity index (χ3v) is 30.1. The van der Waals surface area contributed by atoms with Crippen molar-refractivity contribution in [3.05, 3.63) is 46.4 Å². The second kappa shape index (κ2) is 15.4. The van der Waals surface area contributed by atoms with Gasteiger partial charge >= 0.3 is 0 Å². The molecular weight excluding hydrogens is 693 g/mol. The van der Waals surface area contributed by atoms with E-state index in [1.54, 1.807) is 16.7 Å². The second-order valence-corrected chi connectivity index (χ2v) is 36.1. The van der Waals surface area contributed by atoms with Crippen molar-refractivity contribution in [3.8, 4) is 0 Å². The monoisotopic (exact) mass is 773 g/mol. The summed E-state index contributed by atoms with van der Waals surface area (Å²) in [5.41, 5.74) is 5.16. The molecule has 0 spiro atoms. The van der Waals surface area contributed by atoms with Crippen LogP contribution in [0.1, 0.15) is 129 Å². The number of allylic oxidation sites excluding steroid dienone is 4. The van der Waals surface area contributed by atoms with E-state index in [0.717, 1.165) is 25.0 Å². The molecule has 2 saturated carbocycles. The van der Waals surface area contributed by atoms with E-state index in [1.807, 2.05) is 11.8 Å². The largest absolute Gasteiger partial charge is 0.414 e. The molecule has 0 saturated heterocycles. The molecule has 0 bridgehead atoms. The number of thioether (sulfide) groups is 1. The van der Waals surface area contributed by atoms with E-state index in [2.05, 4.69) is 146 Å². The van der Waals surface area contributed by atoms with Gasteiger partial charge in [-0.2, -0.15) is 0 Å².